The second-order valence-electron chi connectivity index (χ2n) is 7.49. The first-order chi connectivity index (χ1) is 15.4. The van der Waals surface area contributed by atoms with Gasteiger partial charge in [0.1, 0.15) is 11.6 Å². The van der Waals surface area contributed by atoms with Gasteiger partial charge in [-0.3, -0.25) is 0 Å². The molecule has 1 aliphatic heterocycles. The van der Waals surface area contributed by atoms with E-state index in [0.717, 1.165) is 22.6 Å². The summed E-state index contributed by atoms with van der Waals surface area (Å²) in [6, 6.07) is 5.44. The summed E-state index contributed by atoms with van der Waals surface area (Å²) in [7, 11) is 2.99. The highest BCUT2D eigenvalue weighted by Gasteiger charge is 2.37. The van der Waals surface area contributed by atoms with Gasteiger partial charge in [0.05, 0.1) is 55.0 Å². The van der Waals surface area contributed by atoms with Crippen LogP contribution in [0.1, 0.15) is 32.2 Å². The standard InChI is InChI=1S/C23H31ClN4O4/c1-6-17-21(15-10-9-14(30-4)11-16(15)24)25-18(7-2)22(26-17)27-19-12-28(23(29)31-5)13-20(19)32-8-3/h9-11,19-20H,6-8,12-13H2,1-5H3,(H,26,27). The third kappa shape index (κ3) is 5.07. The van der Waals surface area contributed by atoms with Gasteiger partial charge in [0.15, 0.2) is 0 Å². The molecule has 0 bridgehead atoms. The van der Waals surface area contributed by atoms with Crippen LogP contribution in [0.3, 0.4) is 0 Å². The van der Waals surface area contributed by atoms with Crippen LogP contribution >= 0.6 is 11.6 Å². The molecule has 1 N–H and O–H groups in total. The first-order valence-corrected chi connectivity index (χ1v) is 11.3. The second-order valence-corrected chi connectivity index (χ2v) is 7.89. The number of nitrogens with one attached hydrogen (secondary N) is 1. The Labute approximate surface area is 194 Å². The maximum atomic E-state index is 12.0. The molecule has 1 aromatic carbocycles. The molecule has 8 nitrogen and oxygen atoms in total. The van der Waals surface area contributed by atoms with Crippen LogP contribution in [0.4, 0.5) is 10.6 Å². The Bertz CT molecular complexity index is 956. The van der Waals surface area contributed by atoms with Gasteiger partial charge >= 0.3 is 6.09 Å². The Morgan fingerprint density at radius 2 is 1.91 bits per heavy atom. The highest BCUT2D eigenvalue weighted by Crippen LogP contribution is 2.33. The van der Waals surface area contributed by atoms with Gasteiger partial charge in [-0.2, -0.15) is 0 Å². The Morgan fingerprint density at radius 1 is 1.16 bits per heavy atom. The van der Waals surface area contributed by atoms with E-state index in [-0.39, 0.29) is 18.2 Å². The molecule has 1 saturated heterocycles. The van der Waals surface area contributed by atoms with Crippen molar-refractivity contribution >= 4 is 23.5 Å². The lowest BCUT2D eigenvalue weighted by Gasteiger charge is -2.22. The number of carbonyl (C=O) groups is 1. The predicted molar refractivity (Wildman–Crippen MR) is 125 cm³/mol. The summed E-state index contributed by atoms with van der Waals surface area (Å²) < 4.78 is 16.0. The van der Waals surface area contributed by atoms with Crippen molar-refractivity contribution in [1.82, 2.24) is 14.9 Å². The number of aryl methyl sites for hydroxylation is 2. The number of anilines is 1. The van der Waals surface area contributed by atoms with Crippen LogP contribution in [0, 0.1) is 0 Å². The molecule has 2 heterocycles. The smallest absolute Gasteiger partial charge is 0.409 e. The van der Waals surface area contributed by atoms with Gasteiger partial charge in [0.25, 0.3) is 0 Å². The molecule has 1 aromatic heterocycles. The zero-order chi connectivity index (χ0) is 23.3. The molecule has 1 amide bonds. The molecule has 9 heteroatoms. The van der Waals surface area contributed by atoms with Crippen molar-refractivity contribution in [3.8, 4) is 17.0 Å². The fourth-order valence-electron chi connectivity index (χ4n) is 3.89. The molecule has 3 rings (SSSR count). The summed E-state index contributed by atoms with van der Waals surface area (Å²) in [5.41, 5.74) is 3.26. The van der Waals surface area contributed by atoms with Gasteiger partial charge < -0.3 is 24.4 Å². The number of aromatic nitrogens is 2. The third-order valence-corrected chi connectivity index (χ3v) is 5.86. The van der Waals surface area contributed by atoms with Crippen LogP contribution in [-0.4, -0.2) is 67.0 Å². The summed E-state index contributed by atoms with van der Waals surface area (Å²) in [5, 5.41) is 4.06. The van der Waals surface area contributed by atoms with Crippen molar-refractivity contribution in [3.05, 3.63) is 34.6 Å². The average molecular weight is 463 g/mol. The second kappa shape index (κ2) is 10.8. The van der Waals surface area contributed by atoms with Crippen LogP contribution in [0.25, 0.3) is 11.3 Å². The van der Waals surface area contributed by atoms with Crippen molar-refractivity contribution in [1.29, 1.82) is 0 Å². The topological polar surface area (TPSA) is 85.8 Å². The number of rotatable bonds is 8. The molecule has 0 aliphatic carbocycles. The number of hydrogen-bond acceptors (Lipinski definition) is 7. The Kier molecular flexibility index (Phi) is 8.15. The highest BCUT2D eigenvalue weighted by molar-refractivity contribution is 6.33. The fraction of sp³-hybridized carbons (Fsp3) is 0.522. The highest BCUT2D eigenvalue weighted by atomic mass is 35.5. The predicted octanol–water partition coefficient (Wildman–Crippen LogP) is 4.20. The van der Waals surface area contributed by atoms with Gasteiger partial charge in [-0.05, 0) is 38.0 Å². The molecule has 32 heavy (non-hydrogen) atoms. The number of carbonyl (C=O) groups excluding carboxylic acids is 1. The minimum atomic E-state index is -0.362. The summed E-state index contributed by atoms with van der Waals surface area (Å²) in [4.78, 5) is 23.5. The Morgan fingerprint density at radius 3 is 2.50 bits per heavy atom. The van der Waals surface area contributed by atoms with E-state index in [9.17, 15) is 4.79 Å². The largest absolute Gasteiger partial charge is 0.497 e. The quantitative estimate of drug-likeness (QED) is 0.629. The fourth-order valence-corrected chi connectivity index (χ4v) is 4.15. The summed E-state index contributed by atoms with van der Waals surface area (Å²) in [6.07, 6.45) is 0.857. The first-order valence-electron chi connectivity index (χ1n) is 10.9. The molecule has 1 fully saturated rings. The number of halogens is 1. The van der Waals surface area contributed by atoms with Crippen molar-refractivity contribution in [2.45, 2.75) is 45.8 Å². The number of amides is 1. The lowest BCUT2D eigenvalue weighted by molar-refractivity contribution is 0.0613. The summed E-state index contributed by atoms with van der Waals surface area (Å²) in [6.45, 7) is 7.51. The normalized spacial score (nSPS) is 18.0. The molecule has 1 aliphatic rings. The van der Waals surface area contributed by atoms with Gasteiger partial charge in [0, 0.05) is 18.7 Å². The molecule has 2 atom stereocenters. The number of hydrogen-bond donors (Lipinski definition) is 1. The van der Waals surface area contributed by atoms with Gasteiger partial charge in [-0.1, -0.05) is 25.4 Å². The van der Waals surface area contributed by atoms with Gasteiger partial charge in [-0.25, -0.2) is 14.8 Å². The van der Waals surface area contributed by atoms with Crippen LogP contribution in [0.5, 0.6) is 5.75 Å². The number of likely N-dealkylation sites (tertiary alicyclic amines) is 1. The van der Waals surface area contributed by atoms with Crippen molar-refractivity contribution in [2.75, 3.05) is 39.2 Å². The zero-order valence-corrected chi connectivity index (χ0v) is 20.0. The molecule has 0 saturated carbocycles. The molecule has 174 valence electrons. The molecule has 0 spiro atoms. The minimum Gasteiger partial charge on any atom is -0.497 e. The summed E-state index contributed by atoms with van der Waals surface area (Å²) in [5.74, 6) is 1.40. The van der Waals surface area contributed by atoms with Crippen LogP contribution < -0.4 is 10.1 Å². The van der Waals surface area contributed by atoms with Crippen molar-refractivity contribution in [2.24, 2.45) is 0 Å². The number of ether oxygens (including phenoxy) is 3. The number of benzene rings is 1. The van der Waals surface area contributed by atoms with E-state index in [4.69, 9.17) is 35.8 Å². The number of methoxy groups -OCH3 is 2. The van der Waals surface area contributed by atoms with E-state index >= 15 is 0 Å². The summed E-state index contributed by atoms with van der Waals surface area (Å²) >= 11 is 6.53. The molecule has 2 unspecified atom stereocenters. The van der Waals surface area contributed by atoms with Crippen LogP contribution in [0.15, 0.2) is 18.2 Å². The molecule has 0 radical (unpaired) electrons. The SMILES string of the molecule is CCOC1CN(C(=O)OC)CC1Nc1nc(CC)c(-c2ccc(OC)cc2Cl)nc1CC. The minimum absolute atomic E-state index is 0.117. The Hall–Kier alpha value is -2.58. The van der Waals surface area contributed by atoms with Crippen molar-refractivity contribution < 1.29 is 19.0 Å². The van der Waals surface area contributed by atoms with Crippen molar-refractivity contribution in [3.63, 3.8) is 0 Å². The lowest BCUT2D eigenvalue weighted by Crippen LogP contribution is -2.35. The molecular formula is C23H31ClN4O4. The third-order valence-electron chi connectivity index (χ3n) is 5.54. The maximum absolute atomic E-state index is 12.0. The zero-order valence-electron chi connectivity index (χ0n) is 19.3. The van der Waals surface area contributed by atoms with Crippen LogP contribution in [0.2, 0.25) is 5.02 Å². The van der Waals surface area contributed by atoms with E-state index in [1.807, 2.05) is 32.9 Å². The first kappa shape index (κ1) is 24.1. The average Bonchev–Trinajstić information content (AvgIpc) is 3.20. The van der Waals surface area contributed by atoms with E-state index in [1.54, 1.807) is 18.1 Å². The van der Waals surface area contributed by atoms with Gasteiger partial charge in [-0.15, -0.1) is 0 Å². The van der Waals surface area contributed by atoms with E-state index < -0.39 is 0 Å². The van der Waals surface area contributed by atoms with Gasteiger partial charge in [0.2, 0.25) is 0 Å². The molecular weight excluding hydrogens is 432 g/mol. The van der Waals surface area contributed by atoms with E-state index in [2.05, 4.69) is 5.32 Å². The number of nitrogens with zero attached hydrogens (tertiary/aromatic N) is 3. The van der Waals surface area contributed by atoms with Crippen LogP contribution in [-0.2, 0) is 22.3 Å². The van der Waals surface area contributed by atoms with E-state index in [1.165, 1.54) is 7.11 Å². The Balaban J connectivity index is 1.95. The lowest BCUT2D eigenvalue weighted by atomic mass is 10.1. The monoisotopic (exact) mass is 462 g/mol. The molecule has 2 aromatic rings. The van der Waals surface area contributed by atoms with E-state index in [0.29, 0.717) is 49.1 Å². The maximum Gasteiger partial charge on any atom is 0.409 e.